The number of rotatable bonds is 3. The molecule has 3 aromatic heterocycles. The van der Waals surface area contributed by atoms with Crippen LogP contribution in [0, 0.1) is 5.82 Å². The highest BCUT2D eigenvalue weighted by Crippen LogP contribution is 2.37. The summed E-state index contributed by atoms with van der Waals surface area (Å²) in [7, 11) is 0. The van der Waals surface area contributed by atoms with Gasteiger partial charge in [0.25, 0.3) is 5.89 Å². The number of imidazole rings is 1. The summed E-state index contributed by atoms with van der Waals surface area (Å²) in [5, 5.41) is 8.33. The maximum absolute atomic E-state index is 14.2. The van der Waals surface area contributed by atoms with Crippen LogP contribution in [-0.4, -0.2) is 19.6 Å². The van der Waals surface area contributed by atoms with Crippen molar-refractivity contribution in [1.29, 1.82) is 0 Å². The minimum atomic E-state index is -0.407. The van der Waals surface area contributed by atoms with Crippen molar-refractivity contribution in [2.75, 3.05) is 0 Å². The van der Waals surface area contributed by atoms with E-state index < -0.39 is 5.82 Å². The highest BCUT2D eigenvalue weighted by molar-refractivity contribution is 5.94. The van der Waals surface area contributed by atoms with Crippen LogP contribution in [0.1, 0.15) is 0 Å². The molecule has 31 heavy (non-hydrogen) atoms. The first kappa shape index (κ1) is 17.5. The van der Waals surface area contributed by atoms with E-state index in [2.05, 4.69) is 14.6 Å². The highest BCUT2D eigenvalue weighted by Gasteiger charge is 2.20. The van der Waals surface area contributed by atoms with Crippen molar-refractivity contribution in [3.05, 3.63) is 96.9 Å². The van der Waals surface area contributed by atoms with E-state index in [4.69, 9.17) is 9.40 Å². The number of fused-ring (bicyclic) bond motifs is 3. The molecule has 0 radical (unpaired) electrons. The van der Waals surface area contributed by atoms with Gasteiger partial charge in [-0.05, 0) is 35.9 Å². The van der Waals surface area contributed by atoms with Gasteiger partial charge < -0.3 is 4.42 Å². The second kappa shape index (κ2) is 6.88. The lowest BCUT2D eigenvalue weighted by Gasteiger charge is -2.09. The predicted molar refractivity (Wildman–Crippen MR) is 117 cm³/mol. The van der Waals surface area contributed by atoms with E-state index in [-0.39, 0.29) is 11.5 Å². The standard InChI is InChI=1S/C25H15FN4O/c26-19-11-5-4-10-17(19)24-28-29-25(31-24)18-14-15-30-21-13-7-6-12-20(21)27-23(30)22(18)16-8-2-1-3-9-16/h1-15H. The third kappa shape index (κ3) is 2.80. The quantitative estimate of drug-likeness (QED) is 0.361. The van der Waals surface area contributed by atoms with Crippen LogP contribution in [0.2, 0.25) is 0 Å². The van der Waals surface area contributed by atoms with Crippen molar-refractivity contribution in [1.82, 2.24) is 19.6 Å². The molecule has 0 unspecified atom stereocenters. The molecule has 0 atom stereocenters. The van der Waals surface area contributed by atoms with Crippen molar-refractivity contribution in [2.45, 2.75) is 0 Å². The molecule has 0 saturated carbocycles. The van der Waals surface area contributed by atoms with Crippen molar-refractivity contribution in [2.24, 2.45) is 0 Å². The van der Waals surface area contributed by atoms with Crippen molar-refractivity contribution >= 4 is 16.7 Å². The molecule has 3 heterocycles. The molecule has 3 aromatic carbocycles. The van der Waals surface area contributed by atoms with Crippen LogP contribution < -0.4 is 0 Å². The summed E-state index contributed by atoms with van der Waals surface area (Å²) in [6.07, 6.45) is 1.94. The molecule has 0 aliphatic carbocycles. The number of benzene rings is 3. The van der Waals surface area contributed by atoms with E-state index in [0.29, 0.717) is 5.89 Å². The first-order chi connectivity index (χ1) is 15.3. The van der Waals surface area contributed by atoms with Gasteiger partial charge in [-0.1, -0.05) is 54.6 Å². The zero-order chi connectivity index (χ0) is 20.8. The number of hydrogen-bond donors (Lipinski definition) is 0. The lowest BCUT2D eigenvalue weighted by atomic mass is 10.0. The van der Waals surface area contributed by atoms with Crippen LogP contribution in [0.5, 0.6) is 0 Å². The Morgan fingerprint density at radius 3 is 2.26 bits per heavy atom. The molecule has 0 saturated heterocycles. The summed E-state index contributed by atoms with van der Waals surface area (Å²) in [5.74, 6) is 0.0445. The highest BCUT2D eigenvalue weighted by atomic mass is 19.1. The van der Waals surface area contributed by atoms with Crippen molar-refractivity contribution in [3.8, 4) is 34.0 Å². The zero-order valence-electron chi connectivity index (χ0n) is 16.2. The number of nitrogens with zero attached hydrogens (tertiary/aromatic N) is 4. The molecule has 0 bridgehead atoms. The third-order valence-corrected chi connectivity index (χ3v) is 5.30. The van der Waals surface area contributed by atoms with Crippen molar-refractivity contribution in [3.63, 3.8) is 0 Å². The number of pyridine rings is 1. The topological polar surface area (TPSA) is 56.2 Å². The molecule has 6 rings (SSSR count). The van der Waals surface area contributed by atoms with E-state index in [9.17, 15) is 4.39 Å². The van der Waals surface area contributed by atoms with E-state index in [1.807, 2.05) is 66.9 Å². The third-order valence-electron chi connectivity index (χ3n) is 5.30. The molecule has 0 aliphatic rings. The lowest BCUT2D eigenvalue weighted by Crippen LogP contribution is -1.93. The van der Waals surface area contributed by atoms with Gasteiger partial charge in [-0.15, -0.1) is 10.2 Å². The SMILES string of the molecule is Fc1ccccc1-c1nnc(-c2ccn3c(nc4ccccc43)c2-c2ccccc2)o1. The maximum atomic E-state index is 14.2. The minimum absolute atomic E-state index is 0.139. The van der Waals surface area contributed by atoms with Gasteiger partial charge >= 0.3 is 0 Å². The van der Waals surface area contributed by atoms with Gasteiger partial charge in [0.1, 0.15) is 11.5 Å². The minimum Gasteiger partial charge on any atom is -0.416 e. The Labute approximate surface area is 176 Å². The molecule has 0 fully saturated rings. The number of halogens is 1. The molecule has 6 aromatic rings. The second-order valence-corrected chi connectivity index (χ2v) is 7.16. The van der Waals surface area contributed by atoms with E-state index >= 15 is 0 Å². The average molecular weight is 406 g/mol. The Morgan fingerprint density at radius 2 is 1.42 bits per heavy atom. The van der Waals surface area contributed by atoms with Gasteiger partial charge in [0, 0.05) is 11.8 Å². The first-order valence-electron chi connectivity index (χ1n) is 9.83. The number of para-hydroxylation sites is 2. The van der Waals surface area contributed by atoms with Crippen molar-refractivity contribution < 1.29 is 8.81 Å². The molecule has 0 spiro atoms. The van der Waals surface area contributed by atoms with Crippen LogP contribution in [0.3, 0.4) is 0 Å². The van der Waals surface area contributed by atoms with Gasteiger partial charge in [-0.25, -0.2) is 9.37 Å². The number of aromatic nitrogens is 4. The Kier molecular flexibility index (Phi) is 3.89. The summed E-state index contributed by atoms with van der Waals surface area (Å²) in [4.78, 5) is 4.87. The second-order valence-electron chi connectivity index (χ2n) is 7.16. The van der Waals surface area contributed by atoms with Crippen LogP contribution in [0.15, 0.2) is 95.5 Å². The smallest absolute Gasteiger partial charge is 0.251 e. The van der Waals surface area contributed by atoms with Gasteiger partial charge in [0.2, 0.25) is 5.89 Å². The Morgan fingerprint density at radius 1 is 0.710 bits per heavy atom. The largest absolute Gasteiger partial charge is 0.416 e. The van der Waals surface area contributed by atoms with Crippen LogP contribution >= 0.6 is 0 Å². The zero-order valence-corrected chi connectivity index (χ0v) is 16.2. The van der Waals surface area contributed by atoms with Gasteiger partial charge in [0.15, 0.2) is 0 Å². The van der Waals surface area contributed by atoms with Crippen LogP contribution in [0.4, 0.5) is 4.39 Å². The Hall–Kier alpha value is -4.32. The van der Waals surface area contributed by atoms with Gasteiger partial charge in [-0.3, -0.25) is 4.40 Å². The Balaban J connectivity index is 1.62. The van der Waals surface area contributed by atoms with E-state index in [0.717, 1.165) is 33.4 Å². The molecule has 148 valence electrons. The monoisotopic (exact) mass is 406 g/mol. The molecule has 0 aliphatic heterocycles. The average Bonchev–Trinajstić information content (AvgIpc) is 3.44. The fourth-order valence-corrected chi connectivity index (χ4v) is 3.87. The lowest BCUT2D eigenvalue weighted by molar-refractivity contribution is 0.571. The molecule has 6 heteroatoms. The molecule has 5 nitrogen and oxygen atoms in total. The summed E-state index contributed by atoms with van der Waals surface area (Å²) in [6, 6.07) is 26.2. The summed E-state index contributed by atoms with van der Waals surface area (Å²) in [5.41, 5.74) is 5.56. The fourth-order valence-electron chi connectivity index (χ4n) is 3.87. The van der Waals surface area contributed by atoms with Gasteiger partial charge in [-0.2, -0.15) is 0 Å². The maximum Gasteiger partial charge on any atom is 0.251 e. The van der Waals surface area contributed by atoms with Crippen LogP contribution in [-0.2, 0) is 0 Å². The van der Waals surface area contributed by atoms with E-state index in [1.54, 1.807) is 18.2 Å². The van der Waals surface area contributed by atoms with Crippen LogP contribution in [0.25, 0.3) is 50.7 Å². The molecule has 0 amide bonds. The Bertz CT molecular complexity index is 1550. The summed E-state index contributed by atoms with van der Waals surface area (Å²) in [6.45, 7) is 0. The van der Waals surface area contributed by atoms with E-state index in [1.165, 1.54) is 6.07 Å². The normalized spacial score (nSPS) is 11.4. The summed E-state index contributed by atoms with van der Waals surface area (Å²) < 4.78 is 22.2. The fraction of sp³-hybridized carbons (Fsp3) is 0. The summed E-state index contributed by atoms with van der Waals surface area (Å²) >= 11 is 0. The molecular weight excluding hydrogens is 391 g/mol. The predicted octanol–water partition coefficient (Wildman–Crippen LogP) is 6.01. The molecule has 0 N–H and O–H groups in total. The molecular formula is C25H15FN4O. The number of hydrogen-bond acceptors (Lipinski definition) is 4. The first-order valence-corrected chi connectivity index (χ1v) is 9.83. The van der Waals surface area contributed by atoms with Gasteiger partial charge in [0.05, 0.1) is 22.2 Å².